The van der Waals surface area contributed by atoms with E-state index in [0.29, 0.717) is 12.5 Å². The molecule has 2 rings (SSSR count). The second-order valence-electron chi connectivity index (χ2n) is 5.57. The Balaban J connectivity index is 1.88. The van der Waals surface area contributed by atoms with Crippen molar-refractivity contribution >= 4 is 11.9 Å². The Hall–Kier alpha value is -1.91. The molecule has 20 heavy (non-hydrogen) atoms. The lowest BCUT2D eigenvalue weighted by molar-refractivity contribution is 0.0696. The van der Waals surface area contributed by atoms with Gasteiger partial charge >= 0.3 is 5.97 Å². The predicted molar refractivity (Wildman–Crippen MR) is 74.7 cm³/mol. The molecule has 5 heteroatoms. The van der Waals surface area contributed by atoms with Gasteiger partial charge < -0.3 is 10.4 Å². The summed E-state index contributed by atoms with van der Waals surface area (Å²) in [6, 6.07) is 2.68. The smallest absolute Gasteiger partial charge is 0.335 e. The van der Waals surface area contributed by atoms with Crippen LogP contribution in [0.1, 0.15) is 53.5 Å². The molecule has 0 saturated heterocycles. The molecule has 0 radical (unpaired) electrons. The average molecular weight is 276 g/mol. The highest BCUT2D eigenvalue weighted by atomic mass is 16.4. The van der Waals surface area contributed by atoms with Crippen molar-refractivity contribution in [2.24, 2.45) is 11.8 Å². The maximum atomic E-state index is 12.0. The van der Waals surface area contributed by atoms with Gasteiger partial charge in [-0.25, -0.2) is 4.79 Å². The van der Waals surface area contributed by atoms with Crippen molar-refractivity contribution in [3.05, 3.63) is 29.6 Å². The molecule has 0 aliphatic heterocycles. The van der Waals surface area contributed by atoms with Crippen molar-refractivity contribution in [2.45, 2.75) is 32.6 Å². The molecule has 1 aliphatic rings. The Morgan fingerprint density at radius 3 is 2.70 bits per heavy atom. The maximum Gasteiger partial charge on any atom is 0.335 e. The molecule has 1 aliphatic carbocycles. The number of carboxylic acids is 1. The minimum absolute atomic E-state index is 0.0802. The summed E-state index contributed by atoms with van der Waals surface area (Å²) in [5.41, 5.74) is 0.241. The van der Waals surface area contributed by atoms with Crippen molar-refractivity contribution in [1.82, 2.24) is 10.3 Å². The molecule has 1 aromatic rings. The van der Waals surface area contributed by atoms with Gasteiger partial charge in [0.1, 0.15) is 5.69 Å². The number of carbonyl (C=O) groups is 2. The van der Waals surface area contributed by atoms with Crippen molar-refractivity contribution in [3.63, 3.8) is 0 Å². The predicted octanol–water partition coefficient (Wildman–Crippen LogP) is 2.34. The Morgan fingerprint density at radius 2 is 2.05 bits per heavy atom. The number of nitrogens with one attached hydrogen (secondary N) is 1. The number of hydrogen-bond acceptors (Lipinski definition) is 3. The summed E-state index contributed by atoms with van der Waals surface area (Å²) in [6.45, 7) is 2.90. The normalized spacial score (nSPS) is 22.2. The molecule has 0 bridgehead atoms. The monoisotopic (exact) mass is 276 g/mol. The lowest BCUT2D eigenvalue weighted by Gasteiger charge is -2.26. The van der Waals surface area contributed by atoms with E-state index < -0.39 is 5.97 Å². The molecule has 1 fully saturated rings. The number of aromatic nitrogens is 1. The van der Waals surface area contributed by atoms with E-state index >= 15 is 0 Å². The highest BCUT2D eigenvalue weighted by Gasteiger charge is 2.19. The number of pyridine rings is 1. The molecule has 2 N–H and O–H groups in total. The quantitative estimate of drug-likeness (QED) is 0.884. The first kappa shape index (κ1) is 14.5. The van der Waals surface area contributed by atoms with Gasteiger partial charge in [0, 0.05) is 12.7 Å². The largest absolute Gasteiger partial charge is 0.478 e. The highest BCUT2D eigenvalue weighted by Crippen LogP contribution is 2.27. The summed E-state index contributed by atoms with van der Waals surface area (Å²) in [5, 5.41) is 11.7. The van der Waals surface area contributed by atoms with Gasteiger partial charge in [-0.2, -0.15) is 0 Å². The van der Waals surface area contributed by atoms with Gasteiger partial charge in [-0.15, -0.1) is 0 Å². The van der Waals surface area contributed by atoms with Crippen LogP contribution >= 0.6 is 0 Å². The van der Waals surface area contributed by atoms with E-state index in [1.807, 2.05) is 0 Å². The van der Waals surface area contributed by atoms with Gasteiger partial charge in [-0.1, -0.05) is 19.8 Å². The molecule has 0 spiro atoms. The number of carboxylic acid groups (broad SMARTS) is 1. The molecule has 0 aromatic carbocycles. The highest BCUT2D eigenvalue weighted by molar-refractivity contribution is 5.95. The van der Waals surface area contributed by atoms with Crippen LogP contribution in [0.3, 0.4) is 0 Å². The summed E-state index contributed by atoms with van der Waals surface area (Å²) in [6.07, 6.45) is 6.06. The summed E-state index contributed by atoms with van der Waals surface area (Å²) in [5.74, 6) is -0.0388. The zero-order valence-corrected chi connectivity index (χ0v) is 11.6. The van der Waals surface area contributed by atoms with E-state index in [4.69, 9.17) is 5.11 Å². The summed E-state index contributed by atoms with van der Waals surface area (Å²) in [4.78, 5) is 26.7. The number of aromatic carboxylic acids is 1. The maximum absolute atomic E-state index is 12.0. The van der Waals surface area contributed by atoms with Gasteiger partial charge in [0.05, 0.1) is 5.56 Å². The molecule has 0 unspecified atom stereocenters. The first-order valence-corrected chi connectivity index (χ1v) is 7.04. The Kier molecular flexibility index (Phi) is 4.71. The summed E-state index contributed by atoms with van der Waals surface area (Å²) < 4.78 is 0. The third-order valence-corrected chi connectivity index (χ3v) is 3.93. The minimum Gasteiger partial charge on any atom is -0.478 e. The lowest BCUT2D eigenvalue weighted by Crippen LogP contribution is -2.31. The molecule has 1 saturated carbocycles. The van der Waals surface area contributed by atoms with Crippen molar-refractivity contribution in [3.8, 4) is 0 Å². The molecular weight excluding hydrogens is 256 g/mol. The number of hydrogen-bond donors (Lipinski definition) is 2. The molecule has 1 heterocycles. The Morgan fingerprint density at radius 1 is 1.35 bits per heavy atom. The fourth-order valence-corrected chi connectivity index (χ4v) is 2.55. The number of carbonyl (C=O) groups excluding carboxylic acids is 1. The van der Waals surface area contributed by atoms with Gasteiger partial charge in [0.25, 0.3) is 5.91 Å². The summed E-state index contributed by atoms with van der Waals surface area (Å²) in [7, 11) is 0. The average Bonchev–Trinajstić information content (AvgIpc) is 2.46. The zero-order valence-electron chi connectivity index (χ0n) is 11.6. The second kappa shape index (κ2) is 6.50. The summed E-state index contributed by atoms with van der Waals surface area (Å²) >= 11 is 0. The van der Waals surface area contributed by atoms with Crippen LogP contribution in [-0.2, 0) is 0 Å². The molecule has 1 aromatic heterocycles. The zero-order chi connectivity index (χ0) is 14.5. The van der Waals surface area contributed by atoms with Gasteiger partial charge in [-0.3, -0.25) is 9.78 Å². The van der Waals surface area contributed by atoms with E-state index in [9.17, 15) is 9.59 Å². The molecule has 5 nitrogen and oxygen atoms in total. The first-order valence-electron chi connectivity index (χ1n) is 7.04. The van der Waals surface area contributed by atoms with Gasteiger partial charge in [0.2, 0.25) is 0 Å². The van der Waals surface area contributed by atoms with Crippen LogP contribution in [0.2, 0.25) is 0 Å². The van der Waals surface area contributed by atoms with Crippen LogP contribution in [0.15, 0.2) is 18.3 Å². The van der Waals surface area contributed by atoms with Crippen LogP contribution < -0.4 is 5.32 Å². The third kappa shape index (κ3) is 3.79. The fraction of sp³-hybridized carbons (Fsp3) is 0.533. The number of rotatable bonds is 4. The second-order valence-corrected chi connectivity index (χ2v) is 5.57. The fourth-order valence-electron chi connectivity index (χ4n) is 2.55. The standard InChI is InChI=1S/C15H20N2O3/c1-10-2-4-11(5-3-10)9-17-14(18)13-8-12(15(19)20)6-7-16-13/h6-8,10-11H,2-5,9H2,1H3,(H,17,18)(H,19,20). The van der Waals surface area contributed by atoms with E-state index in [1.165, 1.54) is 31.2 Å². The molecule has 108 valence electrons. The van der Waals surface area contributed by atoms with E-state index in [1.54, 1.807) is 0 Å². The van der Waals surface area contributed by atoms with Crippen LogP contribution in [-0.4, -0.2) is 28.5 Å². The minimum atomic E-state index is -1.05. The van der Waals surface area contributed by atoms with Crippen molar-refractivity contribution < 1.29 is 14.7 Å². The van der Waals surface area contributed by atoms with E-state index in [-0.39, 0.29) is 17.2 Å². The van der Waals surface area contributed by atoms with E-state index in [2.05, 4.69) is 17.2 Å². The van der Waals surface area contributed by atoms with Crippen LogP contribution in [0.5, 0.6) is 0 Å². The lowest BCUT2D eigenvalue weighted by atomic mass is 9.83. The number of amides is 1. The topological polar surface area (TPSA) is 79.3 Å². The molecule has 1 amide bonds. The van der Waals surface area contributed by atoms with Crippen molar-refractivity contribution in [2.75, 3.05) is 6.54 Å². The number of nitrogens with zero attached hydrogens (tertiary/aromatic N) is 1. The molecule has 0 atom stereocenters. The Labute approximate surface area is 118 Å². The van der Waals surface area contributed by atoms with Crippen LogP contribution in [0.4, 0.5) is 0 Å². The van der Waals surface area contributed by atoms with E-state index in [0.717, 1.165) is 18.8 Å². The van der Waals surface area contributed by atoms with Gasteiger partial charge in [-0.05, 0) is 36.8 Å². The van der Waals surface area contributed by atoms with Crippen LogP contribution in [0, 0.1) is 11.8 Å². The third-order valence-electron chi connectivity index (χ3n) is 3.93. The van der Waals surface area contributed by atoms with Crippen molar-refractivity contribution in [1.29, 1.82) is 0 Å². The first-order chi connectivity index (χ1) is 9.56. The Bertz CT molecular complexity index is 494. The van der Waals surface area contributed by atoms with Crippen LogP contribution in [0.25, 0.3) is 0 Å². The SMILES string of the molecule is CC1CCC(CNC(=O)c2cc(C(=O)O)ccn2)CC1. The van der Waals surface area contributed by atoms with Gasteiger partial charge in [0.15, 0.2) is 0 Å². The molecular formula is C15H20N2O3.